The second kappa shape index (κ2) is 8.96. The molecule has 4 rings (SSSR count). The van der Waals surface area contributed by atoms with E-state index in [0.29, 0.717) is 29.3 Å². The smallest absolute Gasteiger partial charge is 0.264 e. The molecule has 1 saturated heterocycles. The fraction of sp³-hybridized carbons (Fsp3) is 0.304. The van der Waals surface area contributed by atoms with Gasteiger partial charge in [0.25, 0.3) is 15.9 Å². The second-order valence-electron chi connectivity index (χ2n) is 7.89. The van der Waals surface area contributed by atoms with Crippen LogP contribution in [0.25, 0.3) is 10.9 Å². The molecule has 0 aliphatic carbocycles. The van der Waals surface area contributed by atoms with Crippen molar-refractivity contribution < 1.29 is 13.2 Å². The van der Waals surface area contributed by atoms with E-state index in [2.05, 4.69) is 4.98 Å². The molecular weight excluding hydrogens is 450 g/mol. The summed E-state index contributed by atoms with van der Waals surface area (Å²) < 4.78 is 27.5. The Hall–Kier alpha value is -2.84. The molecule has 0 spiro atoms. The van der Waals surface area contributed by atoms with Crippen molar-refractivity contribution in [2.45, 2.75) is 30.6 Å². The van der Waals surface area contributed by atoms with Gasteiger partial charge in [-0.25, -0.2) is 8.42 Å². The maximum absolute atomic E-state index is 13.2. The maximum atomic E-state index is 13.2. The number of amides is 1. The molecule has 0 unspecified atom stereocenters. The number of likely N-dealkylation sites (tertiary alicyclic amines) is 1. The molecule has 2 heterocycles. The van der Waals surface area contributed by atoms with Crippen molar-refractivity contribution in [2.24, 2.45) is 0 Å². The predicted octanol–water partition coefficient (Wildman–Crippen LogP) is 4.02. The number of rotatable bonds is 4. The van der Waals surface area contributed by atoms with E-state index in [4.69, 9.17) is 11.6 Å². The van der Waals surface area contributed by atoms with Crippen molar-refractivity contribution >= 4 is 44.1 Å². The summed E-state index contributed by atoms with van der Waals surface area (Å²) in [7, 11) is -2.49. The highest BCUT2D eigenvalue weighted by Gasteiger charge is 2.24. The molecule has 7 nitrogen and oxygen atoms in total. The third-order valence-corrected chi connectivity index (χ3v) is 7.86. The molecular formula is C23H24ClN3O4S. The molecule has 2 aromatic carbocycles. The van der Waals surface area contributed by atoms with Crippen LogP contribution in [0.5, 0.6) is 0 Å². The van der Waals surface area contributed by atoms with E-state index in [1.807, 2.05) is 0 Å². The third-order valence-electron chi connectivity index (χ3n) is 5.82. The molecule has 9 heteroatoms. The average Bonchev–Trinajstić information content (AvgIpc) is 3.08. The van der Waals surface area contributed by atoms with E-state index >= 15 is 0 Å². The topological polar surface area (TPSA) is 90.6 Å². The quantitative estimate of drug-likeness (QED) is 0.619. The molecule has 0 saturated carbocycles. The number of carbonyl (C=O) groups is 1. The molecule has 32 heavy (non-hydrogen) atoms. The van der Waals surface area contributed by atoms with Crippen LogP contribution in [0.1, 0.15) is 36.0 Å². The van der Waals surface area contributed by atoms with Gasteiger partial charge in [-0.1, -0.05) is 24.4 Å². The van der Waals surface area contributed by atoms with Crippen LogP contribution in [-0.2, 0) is 10.0 Å². The number of halogens is 1. The first-order valence-electron chi connectivity index (χ1n) is 10.5. The minimum atomic E-state index is -3.93. The lowest BCUT2D eigenvalue weighted by Gasteiger charge is -2.21. The van der Waals surface area contributed by atoms with Crippen LogP contribution in [0.3, 0.4) is 0 Å². The first-order valence-corrected chi connectivity index (χ1v) is 12.3. The Morgan fingerprint density at radius 3 is 2.34 bits per heavy atom. The first-order chi connectivity index (χ1) is 15.3. The summed E-state index contributed by atoms with van der Waals surface area (Å²) in [6, 6.07) is 10.7. The van der Waals surface area contributed by atoms with Crippen LogP contribution in [0.2, 0.25) is 5.02 Å². The average molecular weight is 474 g/mol. The second-order valence-corrected chi connectivity index (χ2v) is 10.3. The molecule has 1 aliphatic heterocycles. The van der Waals surface area contributed by atoms with Gasteiger partial charge < -0.3 is 9.88 Å². The van der Waals surface area contributed by atoms with Gasteiger partial charge in [-0.3, -0.25) is 13.9 Å². The number of anilines is 1. The first kappa shape index (κ1) is 22.4. The van der Waals surface area contributed by atoms with Crippen LogP contribution in [0.4, 0.5) is 5.69 Å². The lowest BCUT2D eigenvalue weighted by molar-refractivity contribution is 0.0760. The summed E-state index contributed by atoms with van der Waals surface area (Å²) in [5.41, 5.74) is 0.461. The number of hydrogen-bond donors (Lipinski definition) is 1. The van der Waals surface area contributed by atoms with Crippen LogP contribution in [-0.4, -0.2) is 44.3 Å². The zero-order valence-electron chi connectivity index (χ0n) is 17.7. The summed E-state index contributed by atoms with van der Waals surface area (Å²) in [6.07, 6.45) is 5.39. The molecule has 1 amide bonds. The zero-order valence-corrected chi connectivity index (χ0v) is 19.2. The Kier molecular flexibility index (Phi) is 6.26. The molecule has 168 valence electrons. The van der Waals surface area contributed by atoms with E-state index in [0.717, 1.165) is 30.0 Å². The predicted molar refractivity (Wildman–Crippen MR) is 126 cm³/mol. The summed E-state index contributed by atoms with van der Waals surface area (Å²) in [5.74, 6) is -0.318. The number of carbonyl (C=O) groups excluding carboxylic acids is 1. The van der Waals surface area contributed by atoms with Crippen molar-refractivity contribution in [2.75, 3.05) is 24.4 Å². The van der Waals surface area contributed by atoms with E-state index in [1.54, 1.807) is 35.2 Å². The summed E-state index contributed by atoms with van der Waals surface area (Å²) in [6.45, 7) is 1.24. The molecule has 3 aromatic rings. The third kappa shape index (κ3) is 4.25. The van der Waals surface area contributed by atoms with Gasteiger partial charge in [-0.05, 0) is 55.3 Å². The van der Waals surface area contributed by atoms with Crippen molar-refractivity contribution in [1.29, 1.82) is 0 Å². The highest BCUT2D eigenvalue weighted by Crippen LogP contribution is 2.25. The number of hydrogen-bond acceptors (Lipinski definition) is 4. The number of nitrogens with one attached hydrogen (secondary N) is 1. The van der Waals surface area contributed by atoms with Gasteiger partial charge in [0.15, 0.2) is 0 Å². The van der Waals surface area contributed by atoms with Crippen LogP contribution in [0, 0.1) is 0 Å². The van der Waals surface area contributed by atoms with Gasteiger partial charge in [0.05, 0.1) is 10.6 Å². The van der Waals surface area contributed by atoms with Gasteiger partial charge >= 0.3 is 0 Å². The normalized spacial score (nSPS) is 14.9. The maximum Gasteiger partial charge on any atom is 0.264 e. The molecule has 1 aliphatic rings. The summed E-state index contributed by atoms with van der Waals surface area (Å²) >= 11 is 5.90. The minimum Gasteiger partial charge on any atom is -0.360 e. The van der Waals surface area contributed by atoms with E-state index in [1.165, 1.54) is 25.4 Å². The Bertz CT molecular complexity index is 1310. The van der Waals surface area contributed by atoms with Crippen LogP contribution in [0.15, 0.2) is 58.4 Å². The number of nitrogens with zero attached hydrogens (tertiary/aromatic N) is 2. The number of aromatic amines is 1. The Morgan fingerprint density at radius 2 is 1.69 bits per heavy atom. The SMILES string of the molecule is CN(c1ccc(Cl)cc1)S(=O)(=O)c1ccc2[nH]cc(C(=O)N3CCCCCC3)c(=O)c2c1. The lowest BCUT2D eigenvalue weighted by atomic mass is 10.1. The van der Waals surface area contributed by atoms with E-state index in [-0.39, 0.29) is 21.8 Å². The number of aromatic nitrogens is 1. The molecule has 1 fully saturated rings. The van der Waals surface area contributed by atoms with Crippen molar-refractivity contribution in [1.82, 2.24) is 9.88 Å². The van der Waals surface area contributed by atoms with Gasteiger partial charge in [0.1, 0.15) is 5.56 Å². The summed E-state index contributed by atoms with van der Waals surface area (Å²) in [5, 5.41) is 0.662. The molecule has 1 N–H and O–H groups in total. The number of pyridine rings is 1. The lowest BCUT2D eigenvalue weighted by Crippen LogP contribution is -2.35. The number of H-pyrrole nitrogens is 1. The highest BCUT2D eigenvalue weighted by molar-refractivity contribution is 7.92. The Balaban J connectivity index is 1.73. The number of fused-ring (bicyclic) bond motifs is 1. The van der Waals surface area contributed by atoms with Crippen LogP contribution < -0.4 is 9.73 Å². The molecule has 0 radical (unpaired) electrons. The fourth-order valence-corrected chi connectivity index (χ4v) is 5.26. The molecule has 1 aromatic heterocycles. The van der Waals surface area contributed by atoms with Gasteiger partial charge in [-0.2, -0.15) is 0 Å². The molecule has 0 bridgehead atoms. The van der Waals surface area contributed by atoms with Crippen molar-refractivity contribution in [3.8, 4) is 0 Å². The highest BCUT2D eigenvalue weighted by atomic mass is 35.5. The fourth-order valence-electron chi connectivity index (χ4n) is 3.91. The summed E-state index contributed by atoms with van der Waals surface area (Å²) in [4.78, 5) is 30.8. The molecule has 0 atom stereocenters. The monoisotopic (exact) mass is 473 g/mol. The zero-order chi connectivity index (χ0) is 22.9. The Morgan fingerprint density at radius 1 is 1.03 bits per heavy atom. The minimum absolute atomic E-state index is 0.0278. The van der Waals surface area contributed by atoms with Crippen molar-refractivity contribution in [3.63, 3.8) is 0 Å². The van der Waals surface area contributed by atoms with Crippen LogP contribution >= 0.6 is 11.6 Å². The number of sulfonamides is 1. The number of benzene rings is 2. The van der Waals surface area contributed by atoms with E-state index < -0.39 is 15.5 Å². The van der Waals surface area contributed by atoms with Gasteiger partial charge in [0.2, 0.25) is 5.43 Å². The van der Waals surface area contributed by atoms with Crippen molar-refractivity contribution in [3.05, 3.63) is 69.5 Å². The van der Waals surface area contributed by atoms with Gasteiger partial charge in [0, 0.05) is 42.3 Å². The van der Waals surface area contributed by atoms with Gasteiger partial charge in [-0.15, -0.1) is 0 Å². The largest absolute Gasteiger partial charge is 0.360 e. The van der Waals surface area contributed by atoms with E-state index in [9.17, 15) is 18.0 Å². The Labute approximate surface area is 191 Å². The standard InChI is InChI=1S/C23H24ClN3O4S/c1-26(17-8-6-16(24)7-9-17)32(30,31)18-10-11-21-19(14-18)22(28)20(15-25-21)23(29)27-12-4-2-3-5-13-27/h6-11,14-15H,2-5,12-13H2,1H3,(H,25,28).